The number of carbonyl (C=O) groups is 2. The lowest BCUT2D eigenvalue weighted by molar-refractivity contribution is -0.117. The molecule has 8 heteroatoms. The van der Waals surface area contributed by atoms with Crippen molar-refractivity contribution in [2.24, 2.45) is 0 Å². The van der Waals surface area contributed by atoms with Crippen LogP contribution in [0.2, 0.25) is 0 Å². The Kier molecular flexibility index (Phi) is 4.28. The summed E-state index contributed by atoms with van der Waals surface area (Å²) in [6, 6.07) is 14.4. The van der Waals surface area contributed by atoms with Crippen LogP contribution in [0.4, 0.5) is 11.4 Å². The van der Waals surface area contributed by atoms with Crippen LogP contribution in [0.1, 0.15) is 24.4 Å². The molecule has 0 bridgehead atoms. The third-order valence-corrected chi connectivity index (χ3v) is 5.58. The van der Waals surface area contributed by atoms with Gasteiger partial charge in [0, 0.05) is 13.5 Å². The molecular weight excluding hydrogens is 396 g/mol. The Hall–Kier alpha value is -4.07. The largest absolute Gasteiger partial charge is 0.459 e. The van der Waals surface area contributed by atoms with Crippen molar-refractivity contribution in [2.75, 3.05) is 16.3 Å². The quantitative estimate of drug-likeness (QED) is 0.522. The Morgan fingerprint density at radius 2 is 1.74 bits per heavy atom. The van der Waals surface area contributed by atoms with E-state index in [4.69, 9.17) is 4.42 Å². The standard InChI is InChI=1S/C23H20N4O4/c1-13-12-26(22(29)21-4-3-9-31-21)20-11-16(6-8-19(20)27(13)14(2)28)15-5-7-17-18(10-15)25-23(30)24-17/h3-11,13H,12H2,1-2H3,(H2,24,25,30)/t13-/m0/s1. The van der Waals surface area contributed by atoms with E-state index in [1.54, 1.807) is 21.9 Å². The molecule has 2 amide bonds. The molecule has 2 N–H and O–H groups in total. The molecule has 0 spiro atoms. The van der Waals surface area contributed by atoms with E-state index in [0.717, 1.165) is 16.6 Å². The third-order valence-electron chi connectivity index (χ3n) is 5.58. The Morgan fingerprint density at radius 3 is 2.48 bits per heavy atom. The second-order valence-corrected chi connectivity index (χ2v) is 7.67. The highest BCUT2D eigenvalue weighted by molar-refractivity contribution is 6.10. The van der Waals surface area contributed by atoms with Gasteiger partial charge in [0.25, 0.3) is 5.91 Å². The first kappa shape index (κ1) is 18.9. The maximum Gasteiger partial charge on any atom is 0.323 e. The summed E-state index contributed by atoms with van der Waals surface area (Å²) in [6.45, 7) is 3.78. The van der Waals surface area contributed by atoms with Crippen LogP contribution < -0.4 is 15.5 Å². The molecular formula is C23H20N4O4. The average Bonchev–Trinajstić information content (AvgIpc) is 3.40. The van der Waals surface area contributed by atoms with Crippen LogP contribution in [0.15, 0.2) is 64.0 Å². The van der Waals surface area contributed by atoms with E-state index < -0.39 is 0 Å². The third kappa shape index (κ3) is 3.13. The van der Waals surface area contributed by atoms with Gasteiger partial charge in [0.2, 0.25) is 5.91 Å². The first-order chi connectivity index (χ1) is 14.9. The highest BCUT2D eigenvalue weighted by atomic mass is 16.3. The minimum atomic E-state index is -0.265. The van der Waals surface area contributed by atoms with Gasteiger partial charge in [-0.15, -0.1) is 0 Å². The molecule has 156 valence electrons. The lowest BCUT2D eigenvalue weighted by Gasteiger charge is -2.40. The van der Waals surface area contributed by atoms with Crippen molar-refractivity contribution >= 4 is 34.2 Å². The number of aromatic amines is 2. The molecule has 3 heterocycles. The number of nitrogens with zero attached hydrogens (tertiary/aromatic N) is 2. The van der Waals surface area contributed by atoms with Crippen molar-refractivity contribution in [3.05, 3.63) is 71.0 Å². The predicted octanol–water partition coefficient (Wildman–Crippen LogP) is 3.52. The zero-order chi connectivity index (χ0) is 21.7. The van der Waals surface area contributed by atoms with Gasteiger partial charge in [-0.3, -0.25) is 9.59 Å². The number of benzene rings is 2. The SMILES string of the molecule is CC(=O)N1c2ccc(-c3ccc4[nH]c(=O)[nH]c4c3)cc2N(C(=O)c2ccco2)C[C@@H]1C. The van der Waals surface area contributed by atoms with Gasteiger partial charge < -0.3 is 24.2 Å². The highest BCUT2D eigenvalue weighted by Crippen LogP contribution is 2.39. The molecule has 0 fully saturated rings. The van der Waals surface area contributed by atoms with Crippen molar-refractivity contribution in [2.45, 2.75) is 19.9 Å². The van der Waals surface area contributed by atoms with Gasteiger partial charge in [-0.1, -0.05) is 12.1 Å². The summed E-state index contributed by atoms with van der Waals surface area (Å²) in [5, 5.41) is 0. The Balaban J connectivity index is 1.65. The van der Waals surface area contributed by atoms with Gasteiger partial charge in [0.05, 0.1) is 34.7 Å². The molecule has 0 saturated heterocycles. The molecule has 0 radical (unpaired) electrons. The molecule has 0 saturated carbocycles. The van der Waals surface area contributed by atoms with Crippen molar-refractivity contribution in [1.82, 2.24) is 9.97 Å². The van der Waals surface area contributed by atoms with Gasteiger partial charge in [0.15, 0.2) is 5.76 Å². The number of furan rings is 1. The molecule has 0 aliphatic carbocycles. The number of hydrogen-bond acceptors (Lipinski definition) is 4. The monoisotopic (exact) mass is 416 g/mol. The second kappa shape index (κ2) is 7.02. The first-order valence-corrected chi connectivity index (χ1v) is 9.94. The Labute approximate surface area is 177 Å². The maximum atomic E-state index is 13.2. The zero-order valence-corrected chi connectivity index (χ0v) is 17.0. The van der Waals surface area contributed by atoms with Crippen LogP contribution >= 0.6 is 0 Å². The predicted molar refractivity (Wildman–Crippen MR) is 117 cm³/mol. The van der Waals surface area contributed by atoms with Crippen LogP contribution in [0, 0.1) is 0 Å². The topological polar surface area (TPSA) is 102 Å². The molecule has 31 heavy (non-hydrogen) atoms. The molecule has 8 nitrogen and oxygen atoms in total. The molecule has 2 aromatic carbocycles. The van der Waals surface area contributed by atoms with E-state index >= 15 is 0 Å². The van der Waals surface area contributed by atoms with Crippen LogP contribution in [0.5, 0.6) is 0 Å². The molecule has 4 aromatic rings. The number of imidazole rings is 1. The number of rotatable bonds is 2. The molecule has 1 aliphatic heterocycles. The van der Waals surface area contributed by atoms with Crippen LogP contribution in [-0.4, -0.2) is 34.4 Å². The number of carbonyl (C=O) groups excluding carboxylic acids is 2. The number of H-pyrrole nitrogens is 2. The normalized spacial score (nSPS) is 15.9. The number of hydrogen-bond donors (Lipinski definition) is 2. The summed E-state index contributed by atoms with van der Waals surface area (Å²) >= 11 is 0. The lowest BCUT2D eigenvalue weighted by atomic mass is 10.00. The minimum Gasteiger partial charge on any atom is -0.459 e. The molecule has 0 unspecified atom stereocenters. The van der Waals surface area contributed by atoms with Gasteiger partial charge in [-0.25, -0.2) is 4.79 Å². The zero-order valence-electron chi connectivity index (χ0n) is 17.0. The number of aromatic nitrogens is 2. The average molecular weight is 416 g/mol. The fraction of sp³-hybridized carbons (Fsp3) is 0.174. The summed E-state index contributed by atoms with van der Waals surface area (Å²) in [7, 11) is 0. The summed E-state index contributed by atoms with van der Waals surface area (Å²) < 4.78 is 5.33. The molecule has 1 aliphatic rings. The van der Waals surface area contributed by atoms with E-state index in [1.165, 1.54) is 13.2 Å². The van der Waals surface area contributed by atoms with E-state index in [-0.39, 0.29) is 29.3 Å². The molecule has 1 atom stereocenters. The van der Waals surface area contributed by atoms with E-state index in [1.807, 2.05) is 43.3 Å². The van der Waals surface area contributed by atoms with Crippen LogP contribution in [0.3, 0.4) is 0 Å². The van der Waals surface area contributed by atoms with Crippen molar-refractivity contribution in [1.29, 1.82) is 0 Å². The summed E-state index contributed by atoms with van der Waals surface area (Å²) in [5.41, 5.74) is 4.20. The smallest absolute Gasteiger partial charge is 0.323 e. The summed E-state index contributed by atoms with van der Waals surface area (Å²) in [6.07, 6.45) is 1.46. The van der Waals surface area contributed by atoms with Gasteiger partial charge in [-0.2, -0.15) is 0 Å². The van der Waals surface area contributed by atoms with Crippen molar-refractivity contribution in [3.8, 4) is 11.1 Å². The van der Waals surface area contributed by atoms with Crippen LogP contribution in [-0.2, 0) is 4.79 Å². The fourth-order valence-electron chi connectivity index (χ4n) is 4.22. The second-order valence-electron chi connectivity index (χ2n) is 7.67. The van der Waals surface area contributed by atoms with E-state index in [0.29, 0.717) is 23.4 Å². The summed E-state index contributed by atoms with van der Waals surface area (Å²) in [4.78, 5) is 45.9. The first-order valence-electron chi connectivity index (χ1n) is 9.94. The lowest BCUT2D eigenvalue weighted by Crippen LogP contribution is -2.51. The maximum absolute atomic E-state index is 13.2. The number of anilines is 2. The van der Waals surface area contributed by atoms with Crippen LogP contribution in [0.25, 0.3) is 22.2 Å². The van der Waals surface area contributed by atoms with Crippen molar-refractivity contribution in [3.63, 3.8) is 0 Å². The minimum absolute atomic E-state index is 0.0853. The van der Waals surface area contributed by atoms with E-state index in [2.05, 4.69) is 9.97 Å². The number of amides is 2. The Bertz CT molecular complexity index is 1370. The number of nitrogens with one attached hydrogen (secondary N) is 2. The number of fused-ring (bicyclic) bond motifs is 2. The van der Waals surface area contributed by atoms with Crippen molar-refractivity contribution < 1.29 is 14.0 Å². The summed E-state index contributed by atoms with van der Waals surface area (Å²) in [5.74, 6) is -0.104. The molecule has 5 rings (SSSR count). The van der Waals surface area contributed by atoms with Gasteiger partial charge >= 0.3 is 5.69 Å². The Morgan fingerprint density at radius 1 is 1.00 bits per heavy atom. The van der Waals surface area contributed by atoms with E-state index in [9.17, 15) is 14.4 Å². The van der Waals surface area contributed by atoms with Gasteiger partial charge in [0.1, 0.15) is 0 Å². The highest BCUT2D eigenvalue weighted by Gasteiger charge is 2.35. The van der Waals surface area contributed by atoms with Gasteiger partial charge in [-0.05, 0) is 54.4 Å². The molecule has 2 aromatic heterocycles. The fourth-order valence-corrected chi connectivity index (χ4v) is 4.22.